The van der Waals surface area contributed by atoms with Crippen molar-refractivity contribution in [2.24, 2.45) is 0 Å². The Morgan fingerprint density at radius 3 is 2.82 bits per heavy atom. The van der Waals surface area contributed by atoms with Crippen LogP contribution in [0.3, 0.4) is 0 Å². The highest BCUT2D eigenvalue weighted by molar-refractivity contribution is 7.91. The Morgan fingerprint density at radius 1 is 1.32 bits per heavy atom. The van der Waals surface area contributed by atoms with Gasteiger partial charge in [0.2, 0.25) is 12.7 Å². The third-order valence-electron chi connectivity index (χ3n) is 3.75. The molecular formula is C15H17NO5S. The predicted molar refractivity (Wildman–Crippen MR) is 81.4 cm³/mol. The fourth-order valence-corrected chi connectivity index (χ4v) is 4.73. The first kappa shape index (κ1) is 14.9. The highest BCUT2D eigenvalue weighted by Crippen LogP contribution is 2.32. The summed E-state index contributed by atoms with van der Waals surface area (Å²) in [6.45, 7) is 1.96. The summed E-state index contributed by atoms with van der Waals surface area (Å²) >= 11 is 0. The Bertz CT molecular complexity index is 740. The summed E-state index contributed by atoms with van der Waals surface area (Å²) < 4.78 is 33.5. The number of hydrogen-bond acceptors (Lipinski definition) is 5. The molecule has 0 saturated carbocycles. The van der Waals surface area contributed by atoms with Crippen LogP contribution in [0.25, 0.3) is 6.08 Å². The Hall–Kier alpha value is -2.02. The van der Waals surface area contributed by atoms with Gasteiger partial charge in [-0.1, -0.05) is 6.07 Å². The van der Waals surface area contributed by atoms with Gasteiger partial charge >= 0.3 is 0 Å². The van der Waals surface area contributed by atoms with Crippen molar-refractivity contribution < 1.29 is 22.7 Å². The summed E-state index contributed by atoms with van der Waals surface area (Å²) in [5.74, 6) is 1.14. The van der Waals surface area contributed by atoms with Gasteiger partial charge < -0.3 is 14.8 Å². The average molecular weight is 323 g/mol. The van der Waals surface area contributed by atoms with Crippen LogP contribution in [0.5, 0.6) is 11.5 Å². The molecule has 1 aromatic carbocycles. The van der Waals surface area contributed by atoms with E-state index < -0.39 is 15.4 Å². The molecule has 1 unspecified atom stereocenters. The normalized spacial score (nSPS) is 25.5. The molecule has 0 radical (unpaired) electrons. The Morgan fingerprint density at radius 2 is 2.09 bits per heavy atom. The Balaban J connectivity index is 1.64. The standard InChI is InChI=1S/C15H17NO5S/c1-15(6-7-22(18,19)9-15)16-14(17)5-3-11-2-4-12-13(8-11)21-10-20-12/h2-5,8H,6-7,9-10H2,1H3,(H,16,17)/b5-3+. The molecule has 1 amide bonds. The predicted octanol–water partition coefficient (Wildman–Crippen LogP) is 1.12. The number of nitrogens with one attached hydrogen (secondary N) is 1. The van der Waals surface area contributed by atoms with Gasteiger partial charge in [0.15, 0.2) is 21.3 Å². The maximum absolute atomic E-state index is 12.0. The first-order chi connectivity index (χ1) is 10.4. The molecule has 1 N–H and O–H groups in total. The quantitative estimate of drug-likeness (QED) is 0.843. The van der Waals surface area contributed by atoms with Crippen LogP contribution in [0.15, 0.2) is 24.3 Å². The largest absolute Gasteiger partial charge is 0.454 e. The van der Waals surface area contributed by atoms with E-state index in [4.69, 9.17) is 9.47 Å². The van der Waals surface area contributed by atoms with Gasteiger partial charge in [-0.2, -0.15) is 0 Å². The van der Waals surface area contributed by atoms with Crippen LogP contribution in [-0.2, 0) is 14.6 Å². The van der Waals surface area contributed by atoms with Gasteiger partial charge in [0, 0.05) is 6.08 Å². The minimum atomic E-state index is -3.04. The summed E-state index contributed by atoms with van der Waals surface area (Å²) in [5, 5.41) is 2.77. The fourth-order valence-electron chi connectivity index (χ4n) is 2.64. The topological polar surface area (TPSA) is 81.7 Å². The lowest BCUT2D eigenvalue weighted by Gasteiger charge is -2.22. The Labute approximate surface area is 129 Å². The molecule has 6 nitrogen and oxygen atoms in total. The van der Waals surface area contributed by atoms with Crippen LogP contribution in [0.4, 0.5) is 0 Å². The maximum atomic E-state index is 12.0. The summed E-state index contributed by atoms with van der Waals surface area (Å²) in [5.41, 5.74) is 0.124. The van der Waals surface area contributed by atoms with Crippen LogP contribution in [-0.4, -0.2) is 38.2 Å². The van der Waals surface area contributed by atoms with E-state index in [-0.39, 0.29) is 24.2 Å². The molecule has 0 spiro atoms. The number of hydrogen-bond donors (Lipinski definition) is 1. The highest BCUT2D eigenvalue weighted by Gasteiger charge is 2.39. The smallest absolute Gasteiger partial charge is 0.244 e. The van der Waals surface area contributed by atoms with Gasteiger partial charge in [0.25, 0.3) is 0 Å². The second-order valence-corrected chi connectivity index (χ2v) is 8.02. The van der Waals surface area contributed by atoms with Crippen LogP contribution in [0, 0.1) is 0 Å². The van der Waals surface area contributed by atoms with Crippen molar-refractivity contribution in [2.45, 2.75) is 18.9 Å². The number of fused-ring (bicyclic) bond motifs is 1. The minimum absolute atomic E-state index is 0.0103. The van der Waals surface area contributed by atoms with Gasteiger partial charge in [0.1, 0.15) is 0 Å². The molecule has 0 bridgehead atoms. The van der Waals surface area contributed by atoms with Crippen molar-refractivity contribution in [2.75, 3.05) is 18.3 Å². The van der Waals surface area contributed by atoms with E-state index >= 15 is 0 Å². The summed E-state index contributed by atoms with van der Waals surface area (Å²) in [6.07, 6.45) is 3.50. The lowest BCUT2D eigenvalue weighted by molar-refractivity contribution is -0.117. The monoisotopic (exact) mass is 323 g/mol. The lowest BCUT2D eigenvalue weighted by atomic mass is 10.0. The molecule has 0 aromatic heterocycles. The van der Waals surface area contributed by atoms with E-state index in [0.29, 0.717) is 17.9 Å². The van der Waals surface area contributed by atoms with Crippen LogP contribution >= 0.6 is 0 Å². The van der Waals surface area contributed by atoms with Crippen molar-refractivity contribution in [1.82, 2.24) is 5.32 Å². The van der Waals surface area contributed by atoms with E-state index in [0.717, 1.165) is 5.56 Å². The number of sulfone groups is 1. The molecular weight excluding hydrogens is 306 g/mol. The van der Waals surface area contributed by atoms with E-state index in [1.54, 1.807) is 25.1 Å². The number of rotatable bonds is 3. The van der Waals surface area contributed by atoms with Crippen molar-refractivity contribution in [3.8, 4) is 11.5 Å². The van der Waals surface area contributed by atoms with Gasteiger partial charge in [-0.05, 0) is 37.1 Å². The van der Waals surface area contributed by atoms with Crippen molar-refractivity contribution in [3.63, 3.8) is 0 Å². The zero-order valence-corrected chi connectivity index (χ0v) is 13.0. The van der Waals surface area contributed by atoms with Gasteiger partial charge in [0.05, 0.1) is 17.0 Å². The zero-order valence-electron chi connectivity index (χ0n) is 12.2. The summed E-state index contributed by atoms with van der Waals surface area (Å²) in [6, 6.07) is 5.39. The highest BCUT2D eigenvalue weighted by atomic mass is 32.2. The second-order valence-electron chi connectivity index (χ2n) is 5.84. The maximum Gasteiger partial charge on any atom is 0.244 e. The third kappa shape index (κ3) is 3.24. The molecule has 3 rings (SSSR count). The number of carbonyl (C=O) groups is 1. The third-order valence-corrected chi connectivity index (χ3v) is 5.66. The van der Waals surface area contributed by atoms with Gasteiger partial charge in [-0.3, -0.25) is 4.79 Å². The van der Waals surface area contributed by atoms with Crippen molar-refractivity contribution >= 4 is 21.8 Å². The minimum Gasteiger partial charge on any atom is -0.454 e. The average Bonchev–Trinajstić information content (AvgIpc) is 3.00. The number of benzene rings is 1. The van der Waals surface area contributed by atoms with Gasteiger partial charge in [-0.25, -0.2) is 8.42 Å². The first-order valence-electron chi connectivity index (χ1n) is 6.96. The molecule has 7 heteroatoms. The molecule has 118 valence electrons. The zero-order chi connectivity index (χ0) is 15.8. The molecule has 1 aromatic rings. The summed E-state index contributed by atoms with van der Waals surface area (Å²) in [4.78, 5) is 12.0. The van der Waals surface area contributed by atoms with E-state index in [2.05, 4.69) is 5.32 Å². The second kappa shape index (κ2) is 5.31. The number of amides is 1. The molecule has 0 aliphatic carbocycles. The van der Waals surface area contributed by atoms with E-state index in [1.807, 2.05) is 6.07 Å². The van der Waals surface area contributed by atoms with Crippen molar-refractivity contribution in [3.05, 3.63) is 29.8 Å². The molecule has 1 atom stereocenters. The summed E-state index contributed by atoms with van der Waals surface area (Å²) in [7, 11) is -3.04. The Kier molecular flexibility index (Phi) is 3.60. The first-order valence-corrected chi connectivity index (χ1v) is 8.78. The fraction of sp³-hybridized carbons (Fsp3) is 0.400. The lowest BCUT2D eigenvalue weighted by Crippen LogP contribution is -2.46. The SMILES string of the molecule is CC1(NC(=O)/C=C/c2ccc3c(c2)OCO3)CCS(=O)(=O)C1. The number of carbonyl (C=O) groups excluding carboxylic acids is 1. The molecule has 1 saturated heterocycles. The van der Waals surface area contributed by atoms with E-state index in [9.17, 15) is 13.2 Å². The molecule has 2 aliphatic rings. The molecule has 22 heavy (non-hydrogen) atoms. The molecule has 2 aliphatic heterocycles. The molecule has 2 heterocycles. The molecule has 1 fully saturated rings. The van der Waals surface area contributed by atoms with Gasteiger partial charge in [-0.15, -0.1) is 0 Å². The van der Waals surface area contributed by atoms with Crippen LogP contribution in [0.2, 0.25) is 0 Å². The van der Waals surface area contributed by atoms with Crippen molar-refractivity contribution in [1.29, 1.82) is 0 Å². The number of ether oxygens (including phenoxy) is 2. The van der Waals surface area contributed by atoms with E-state index in [1.165, 1.54) is 6.08 Å². The van der Waals surface area contributed by atoms with Crippen LogP contribution < -0.4 is 14.8 Å². The van der Waals surface area contributed by atoms with Crippen LogP contribution in [0.1, 0.15) is 18.9 Å².